The number of hydrogen-bond acceptors (Lipinski definition) is 5. The number of methoxy groups -OCH3 is 2. The number of aromatic nitrogens is 1. The second-order valence-electron chi connectivity index (χ2n) is 8.33. The summed E-state index contributed by atoms with van der Waals surface area (Å²) < 4.78 is 23.9. The third-order valence-corrected chi connectivity index (χ3v) is 6.01. The first-order valence-electron chi connectivity index (χ1n) is 11.3. The number of anilines is 1. The summed E-state index contributed by atoms with van der Waals surface area (Å²) in [6, 6.07) is 17.7. The van der Waals surface area contributed by atoms with Crippen LogP contribution in [0.2, 0.25) is 0 Å². The van der Waals surface area contributed by atoms with E-state index in [0.29, 0.717) is 23.5 Å². The van der Waals surface area contributed by atoms with E-state index >= 15 is 0 Å². The van der Waals surface area contributed by atoms with Gasteiger partial charge in [0.25, 0.3) is 0 Å². The number of carbonyl (C=O) groups excluding carboxylic acids is 1. The summed E-state index contributed by atoms with van der Waals surface area (Å²) in [7, 11) is 3.22. The Bertz CT molecular complexity index is 1420. The second-order valence-corrected chi connectivity index (χ2v) is 8.73. The molecule has 36 heavy (non-hydrogen) atoms. The van der Waals surface area contributed by atoms with Crippen LogP contribution in [0.1, 0.15) is 22.3 Å². The lowest BCUT2D eigenvalue weighted by atomic mass is 9.99. The van der Waals surface area contributed by atoms with Crippen molar-refractivity contribution in [3.8, 4) is 11.5 Å². The molecular weight excluding hydrogens is 477 g/mol. The molecule has 3 aromatic carbocycles. The van der Waals surface area contributed by atoms with Crippen molar-refractivity contribution in [2.45, 2.75) is 19.8 Å². The number of fused-ring (bicyclic) bond motifs is 1. The largest absolute Gasteiger partial charge is 0.493 e. The number of benzene rings is 3. The Morgan fingerprint density at radius 1 is 0.972 bits per heavy atom. The summed E-state index contributed by atoms with van der Waals surface area (Å²) in [5.41, 5.74) is 5.56. The first-order chi connectivity index (χ1) is 17.4. The molecule has 1 heterocycles. The van der Waals surface area contributed by atoms with Gasteiger partial charge in [-0.1, -0.05) is 24.3 Å². The standard InChI is InChI=1S/C28H26FN3O3S/c1-17-12-19(13-20-10-11-30-24-16-26(35-3)25(34-2)15-22(20)24)6-9-23(17)31-28(36)32-27(33)14-18-4-7-21(29)8-5-18/h4-12,15-16H,13-14H2,1-3H3,(H2,31,32,33,36). The lowest BCUT2D eigenvalue weighted by Gasteiger charge is -2.14. The van der Waals surface area contributed by atoms with Gasteiger partial charge < -0.3 is 20.1 Å². The van der Waals surface area contributed by atoms with Crippen molar-refractivity contribution >= 4 is 39.8 Å². The molecular formula is C28H26FN3O3S. The van der Waals surface area contributed by atoms with Crippen molar-refractivity contribution in [3.05, 3.63) is 94.9 Å². The smallest absolute Gasteiger partial charge is 0.230 e. The van der Waals surface area contributed by atoms with E-state index in [9.17, 15) is 9.18 Å². The number of ether oxygens (including phenoxy) is 2. The minimum atomic E-state index is -0.340. The molecule has 0 saturated carbocycles. The van der Waals surface area contributed by atoms with E-state index in [2.05, 4.69) is 21.7 Å². The van der Waals surface area contributed by atoms with E-state index < -0.39 is 0 Å². The van der Waals surface area contributed by atoms with Crippen LogP contribution in [-0.2, 0) is 17.6 Å². The van der Waals surface area contributed by atoms with Gasteiger partial charge in [0.05, 0.1) is 26.2 Å². The number of rotatable bonds is 7. The molecule has 4 aromatic rings. The summed E-state index contributed by atoms with van der Waals surface area (Å²) in [6.45, 7) is 1.98. The summed E-state index contributed by atoms with van der Waals surface area (Å²) in [5, 5.41) is 6.96. The van der Waals surface area contributed by atoms with Crippen LogP contribution in [0.25, 0.3) is 10.9 Å². The molecule has 0 saturated heterocycles. The Kier molecular flexibility index (Phi) is 7.75. The highest BCUT2D eigenvalue weighted by Crippen LogP contribution is 2.33. The first kappa shape index (κ1) is 25.1. The first-order valence-corrected chi connectivity index (χ1v) is 11.7. The van der Waals surface area contributed by atoms with Crippen molar-refractivity contribution in [1.82, 2.24) is 10.3 Å². The van der Waals surface area contributed by atoms with Gasteiger partial charge in [0.1, 0.15) is 5.82 Å². The van der Waals surface area contributed by atoms with Crippen LogP contribution in [0.4, 0.5) is 10.1 Å². The van der Waals surface area contributed by atoms with Gasteiger partial charge in [0.15, 0.2) is 16.6 Å². The fourth-order valence-corrected chi connectivity index (χ4v) is 4.22. The topological polar surface area (TPSA) is 72.5 Å². The SMILES string of the molecule is COc1cc2nccc(Cc3ccc(NC(=S)NC(=O)Cc4ccc(F)cc4)c(C)c3)c2cc1OC. The van der Waals surface area contributed by atoms with Crippen LogP contribution in [0.3, 0.4) is 0 Å². The zero-order chi connectivity index (χ0) is 25.7. The number of pyridine rings is 1. The number of hydrogen-bond donors (Lipinski definition) is 2. The van der Waals surface area contributed by atoms with Gasteiger partial charge >= 0.3 is 0 Å². The van der Waals surface area contributed by atoms with E-state index in [-0.39, 0.29) is 23.3 Å². The number of amides is 1. The molecule has 0 aliphatic heterocycles. The quantitative estimate of drug-likeness (QED) is 0.332. The molecule has 184 valence electrons. The highest BCUT2D eigenvalue weighted by Gasteiger charge is 2.12. The normalized spacial score (nSPS) is 10.7. The van der Waals surface area contributed by atoms with Crippen molar-refractivity contribution in [3.63, 3.8) is 0 Å². The van der Waals surface area contributed by atoms with Crippen LogP contribution in [-0.4, -0.2) is 30.2 Å². The minimum Gasteiger partial charge on any atom is -0.493 e. The zero-order valence-electron chi connectivity index (χ0n) is 20.2. The molecule has 6 nitrogen and oxygen atoms in total. The van der Waals surface area contributed by atoms with Gasteiger partial charge in [-0.25, -0.2) is 4.39 Å². The maximum Gasteiger partial charge on any atom is 0.230 e. The van der Waals surface area contributed by atoms with Gasteiger partial charge in [0, 0.05) is 23.3 Å². The Balaban J connectivity index is 1.44. The number of nitrogens with zero attached hydrogens (tertiary/aromatic N) is 1. The predicted octanol–water partition coefficient (Wildman–Crippen LogP) is 5.35. The third-order valence-electron chi connectivity index (χ3n) is 5.80. The number of halogens is 1. The fourth-order valence-electron chi connectivity index (χ4n) is 3.99. The average Bonchev–Trinajstić information content (AvgIpc) is 2.86. The molecule has 2 N–H and O–H groups in total. The molecule has 0 unspecified atom stereocenters. The molecule has 0 radical (unpaired) electrons. The van der Waals surface area contributed by atoms with Crippen LogP contribution < -0.4 is 20.1 Å². The molecule has 0 spiro atoms. The molecule has 1 amide bonds. The highest BCUT2D eigenvalue weighted by molar-refractivity contribution is 7.80. The van der Waals surface area contributed by atoms with Crippen LogP contribution >= 0.6 is 12.2 Å². The predicted molar refractivity (Wildman–Crippen MR) is 143 cm³/mol. The van der Waals surface area contributed by atoms with E-state index in [1.54, 1.807) is 32.5 Å². The molecule has 4 rings (SSSR count). The van der Waals surface area contributed by atoms with E-state index in [4.69, 9.17) is 21.7 Å². The van der Waals surface area contributed by atoms with Gasteiger partial charge in [0.2, 0.25) is 5.91 Å². The van der Waals surface area contributed by atoms with Crippen molar-refractivity contribution < 1.29 is 18.7 Å². The monoisotopic (exact) mass is 503 g/mol. The van der Waals surface area contributed by atoms with E-state index in [1.807, 2.05) is 37.3 Å². The molecule has 1 aromatic heterocycles. The summed E-state index contributed by atoms with van der Waals surface area (Å²) in [6.07, 6.45) is 2.60. The van der Waals surface area contributed by atoms with Gasteiger partial charge in [-0.05, 0) is 78.1 Å². The van der Waals surface area contributed by atoms with Gasteiger partial charge in [-0.2, -0.15) is 0 Å². The van der Waals surface area contributed by atoms with Crippen molar-refractivity contribution in [1.29, 1.82) is 0 Å². The maximum atomic E-state index is 13.0. The average molecular weight is 504 g/mol. The Morgan fingerprint density at radius 2 is 1.67 bits per heavy atom. The summed E-state index contributed by atoms with van der Waals surface area (Å²) in [5.74, 6) is 0.684. The van der Waals surface area contributed by atoms with Crippen molar-refractivity contribution in [2.75, 3.05) is 19.5 Å². The molecule has 0 aliphatic rings. The van der Waals surface area contributed by atoms with Crippen LogP contribution in [0.5, 0.6) is 11.5 Å². The molecule has 0 fully saturated rings. The van der Waals surface area contributed by atoms with Gasteiger partial charge in [-0.15, -0.1) is 0 Å². The zero-order valence-corrected chi connectivity index (χ0v) is 21.0. The maximum absolute atomic E-state index is 13.0. The van der Waals surface area contributed by atoms with E-state index in [1.165, 1.54) is 12.1 Å². The van der Waals surface area contributed by atoms with Crippen LogP contribution in [0, 0.1) is 12.7 Å². The highest BCUT2D eigenvalue weighted by atomic mass is 32.1. The van der Waals surface area contributed by atoms with E-state index in [0.717, 1.165) is 33.3 Å². The fraction of sp³-hybridized carbons (Fsp3) is 0.179. The molecule has 8 heteroatoms. The minimum absolute atomic E-state index is 0.108. The van der Waals surface area contributed by atoms with Crippen LogP contribution in [0.15, 0.2) is 66.9 Å². The lowest BCUT2D eigenvalue weighted by molar-refractivity contribution is -0.119. The number of aryl methyl sites for hydroxylation is 1. The Labute approximate surface area is 214 Å². The Morgan fingerprint density at radius 3 is 2.36 bits per heavy atom. The molecule has 0 atom stereocenters. The summed E-state index contributed by atoms with van der Waals surface area (Å²) in [4.78, 5) is 16.8. The second kappa shape index (κ2) is 11.1. The van der Waals surface area contributed by atoms with Crippen molar-refractivity contribution in [2.24, 2.45) is 0 Å². The van der Waals surface area contributed by atoms with Gasteiger partial charge in [-0.3, -0.25) is 9.78 Å². The number of nitrogens with one attached hydrogen (secondary N) is 2. The molecule has 0 bridgehead atoms. The lowest BCUT2D eigenvalue weighted by Crippen LogP contribution is -2.35. The number of carbonyl (C=O) groups is 1. The summed E-state index contributed by atoms with van der Waals surface area (Å²) >= 11 is 5.31. The third kappa shape index (κ3) is 5.95. The molecule has 0 aliphatic carbocycles. The Hall–Kier alpha value is -4.04. The number of thiocarbonyl (C=S) groups is 1.